The minimum Gasteiger partial charge on any atom is -0.347 e. The molecular weight excluding hydrogens is 533 g/mol. The zero-order valence-corrected chi connectivity index (χ0v) is 20.4. The first-order valence-corrected chi connectivity index (χ1v) is 11.6. The van der Waals surface area contributed by atoms with E-state index in [1.54, 1.807) is 16.7 Å². The van der Waals surface area contributed by atoms with Crippen molar-refractivity contribution in [2.75, 3.05) is 0 Å². The number of rotatable bonds is 3. The minimum atomic E-state index is -0.106. The molecular formula is C26H19ClIN3O. The molecule has 0 saturated carbocycles. The highest BCUT2D eigenvalue weighted by Crippen LogP contribution is 2.27. The predicted molar refractivity (Wildman–Crippen MR) is 142 cm³/mol. The second kappa shape index (κ2) is 8.22. The number of fused-ring (bicyclic) bond motifs is 2. The second-order valence-electron chi connectivity index (χ2n) is 7.66. The highest BCUT2D eigenvalue weighted by Gasteiger charge is 2.13. The molecule has 0 bridgehead atoms. The van der Waals surface area contributed by atoms with Gasteiger partial charge in [0.15, 0.2) is 0 Å². The molecule has 0 fully saturated rings. The Kier molecular flexibility index (Phi) is 5.39. The van der Waals surface area contributed by atoms with Crippen LogP contribution in [0.1, 0.15) is 17.1 Å². The molecule has 6 heteroatoms. The van der Waals surface area contributed by atoms with Gasteiger partial charge in [0, 0.05) is 37.8 Å². The van der Waals surface area contributed by atoms with Gasteiger partial charge in [-0.3, -0.25) is 9.36 Å². The normalized spacial score (nSPS) is 11.8. The molecule has 32 heavy (non-hydrogen) atoms. The van der Waals surface area contributed by atoms with Gasteiger partial charge in [-0.15, -0.1) is 0 Å². The smallest absolute Gasteiger partial charge is 0.266 e. The van der Waals surface area contributed by atoms with Gasteiger partial charge in [-0.2, -0.15) is 0 Å². The molecule has 0 N–H and O–H groups in total. The number of nitrogens with zero attached hydrogens (tertiary/aromatic N) is 3. The highest BCUT2D eigenvalue weighted by molar-refractivity contribution is 14.1. The van der Waals surface area contributed by atoms with E-state index >= 15 is 0 Å². The molecule has 0 aliphatic heterocycles. The van der Waals surface area contributed by atoms with Gasteiger partial charge in [0.05, 0.1) is 16.6 Å². The molecule has 158 valence electrons. The Bertz CT molecular complexity index is 1580. The molecule has 2 aromatic heterocycles. The average molecular weight is 552 g/mol. The summed E-state index contributed by atoms with van der Waals surface area (Å²) in [6.45, 7) is 2.10. The zero-order valence-electron chi connectivity index (χ0n) is 17.5. The summed E-state index contributed by atoms with van der Waals surface area (Å²) in [7, 11) is 2.06. The summed E-state index contributed by atoms with van der Waals surface area (Å²) in [5.74, 6) is 0.568. The molecule has 5 aromatic rings. The maximum absolute atomic E-state index is 13.5. The van der Waals surface area contributed by atoms with Crippen molar-refractivity contribution in [3.05, 3.63) is 103 Å². The molecule has 3 aromatic carbocycles. The highest BCUT2D eigenvalue weighted by atomic mass is 127. The van der Waals surface area contributed by atoms with Crippen molar-refractivity contribution >= 4 is 68.1 Å². The topological polar surface area (TPSA) is 39.8 Å². The SMILES string of the molecule is Cc1c(/C=C/c2nc3ccc(I)cc3c(=O)n2-c2ccc(Cl)cc2)c2ccccc2n1C. The van der Waals surface area contributed by atoms with E-state index in [2.05, 4.69) is 53.3 Å². The standard InChI is InChI=1S/C26H19ClIN3O/c1-16-20(21-5-3-4-6-24(21)30(16)2)12-14-25-29-23-13-9-18(28)15-22(23)26(32)31(25)19-10-7-17(27)8-11-19/h3-15H,1-2H3/b14-12+. The lowest BCUT2D eigenvalue weighted by Gasteiger charge is -2.12. The number of aromatic nitrogens is 3. The van der Waals surface area contributed by atoms with E-state index in [0.29, 0.717) is 21.7 Å². The Morgan fingerprint density at radius 2 is 1.72 bits per heavy atom. The predicted octanol–water partition coefficient (Wildman–Crippen LogP) is 6.61. The van der Waals surface area contributed by atoms with Crippen LogP contribution in [0.4, 0.5) is 0 Å². The van der Waals surface area contributed by atoms with Gasteiger partial charge in [-0.25, -0.2) is 4.98 Å². The molecule has 5 rings (SSSR count). The summed E-state index contributed by atoms with van der Waals surface area (Å²) in [4.78, 5) is 18.4. The molecule has 0 saturated heterocycles. The van der Waals surface area contributed by atoms with Gasteiger partial charge in [-0.1, -0.05) is 29.8 Å². The third kappa shape index (κ3) is 3.55. The second-order valence-corrected chi connectivity index (χ2v) is 9.34. The fraction of sp³-hybridized carbons (Fsp3) is 0.0769. The van der Waals surface area contributed by atoms with Gasteiger partial charge in [-0.05, 0) is 90.2 Å². The number of aryl methyl sites for hydroxylation is 1. The first-order valence-electron chi connectivity index (χ1n) is 10.1. The molecule has 0 amide bonds. The summed E-state index contributed by atoms with van der Waals surface area (Å²) >= 11 is 8.30. The van der Waals surface area contributed by atoms with Gasteiger partial charge in [0.2, 0.25) is 0 Å². The van der Waals surface area contributed by atoms with Crippen LogP contribution in [0.3, 0.4) is 0 Å². The molecule has 0 spiro atoms. The summed E-state index contributed by atoms with van der Waals surface area (Å²) in [6, 6.07) is 21.3. The third-order valence-electron chi connectivity index (χ3n) is 5.79. The van der Waals surface area contributed by atoms with Crippen LogP contribution in [0.2, 0.25) is 5.02 Å². The number of hydrogen-bond donors (Lipinski definition) is 0. The number of hydrogen-bond acceptors (Lipinski definition) is 2. The molecule has 0 unspecified atom stereocenters. The minimum absolute atomic E-state index is 0.106. The van der Waals surface area contributed by atoms with Crippen molar-refractivity contribution in [2.45, 2.75) is 6.92 Å². The number of benzene rings is 3. The largest absolute Gasteiger partial charge is 0.347 e. The molecule has 4 nitrogen and oxygen atoms in total. The quantitative estimate of drug-likeness (QED) is 0.237. The van der Waals surface area contributed by atoms with Gasteiger partial charge in [0.1, 0.15) is 5.82 Å². The van der Waals surface area contributed by atoms with E-state index < -0.39 is 0 Å². The van der Waals surface area contributed by atoms with Crippen molar-refractivity contribution in [3.63, 3.8) is 0 Å². The monoisotopic (exact) mass is 551 g/mol. The van der Waals surface area contributed by atoms with Crippen LogP contribution < -0.4 is 5.56 Å². The fourth-order valence-electron chi connectivity index (χ4n) is 4.04. The van der Waals surface area contributed by atoms with E-state index in [0.717, 1.165) is 20.5 Å². The van der Waals surface area contributed by atoms with Crippen molar-refractivity contribution in [1.29, 1.82) is 0 Å². The first-order chi connectivity index (χ1) is 15.4. The molecule has 0 aliphatic rings. The lowest BCUT2D eigenvalue weighted by atomic mass is 10.1. The van der Waals surface area contributed by atoms with Crippen LogP contribution in [0.5, 0.6) is 0 Å². The first kappa shape index (κ1) is 21.0. The van der Waals surface area contributed by atoms with E-state index in [9.17, 15) is 4.79 Å². The summed E-state index contributed by atoms with van der Waals surface area (Å²) in [6.07, 6.45) is 3.96. The Balaban J connectivity index is 1.76. The molecule has 2 heterocycles. The molecule has 0 radical (unpaired) electrons. The zero-order chi connectivity index (χ0) is 22.4. The summed E-state index contributed by atoms with van der Waals surface area (Å²) < 4.78 is 4.81. The van der Waals surface area contributed by atoms with Crippen LogP contribution in [0.15, 0.2) is 71.5 Å². The Labute approximate surface area is 203 Å². The van der Waals surface area contributed by atoms with Crippen LogP contribution in [-0.2, 0) is 7.05 Å². The molecule has 0 atom stereocenters. The number of para-hydroxylation sites is 1. The van der Waals surface area contributed by atoms with Gasteiger partial charge in [0.25, 0.3) is 5.56 Å². The summed E-state index contributed by atoms with van der Waals surface area (Å²) in [5.41, 5.74) is 4.73. The van der Waals surface area contributed by atoms with E-state index in [4.69, 9.17) is 16.6 Å². The van der Waals surface area contributed by atoms with Crippen LogP contribution >= 0.6 is 34.2 Å². The van der Waals surface area contributed by atoms with Crippen LogP contribution in [0, 0.1) is 10.5 Å². The Morgan fingerprint density at radius 1 is 0.969 bits per heavy atom. The van der Waals surface area contributed by atoms with Gasteiger partial charge >= 0.3 is 0 Å². The van der Waals surface area contributed by atoms with E-state index in [1.165, 1.54) is 10.9 Å². The van der Waals surface area contributed by atoms with Gasteiger partial charge < -0.3 is 4.57 Å². The Hall–Kier alpha value is -2.90. The third-order valence-corrected chi connectivity index (χ3v) is 6.71. The summed E-state index contributed by atoms with van der Waals surface area (Å²) in [5, 5.41) is 2.37. The Morgan fingerprint density at radius 3 is 2.50 bits per heavy atom. The lowest BCUT2D eigenvalue weighted by Crippen LogP contribution is -2.22. The lowest BCUT2D eigenvalue weighted by molar-refractivity contribution is 0.916. The van der Waals surface area contributed by atoms with Crippen molar-refractivity contribution in [2.24, 2.45) is 7.05 Å². The fourth-order valence-corrected chi connectivity index (χ4v) is 4.66. The van der Waals surface area contributed by atoms with E-state index in [1.807, 2.05) is 54.6 Å². The van der Waals surface area contributed by atoms with E-state index in [-0.39, 0.29) is 5.56 Å². The van der Waals surface area contributed by atoms with Crippen molar-refractivity contribution < 1.29 is 0 Å². The van der Waals surface area contributed by atoms with Crippen molar-refractivity contribution in [3.8, 4) is 5.69 Å². The number of halogens is 2. The maximum atomic E-state index is 13.5. The van der Waals surface area contributed by atoms with Crippen molar-refractivity contribution in [1.82, 2.24) is 14.1 Å². The average Bonchev–Trinajstić information content (AvgIpc) is 3.04. The van der Waals surface area contributed by atoms with Crippen LogP contribution in [-0.4, -0.2) is 14.1 Å². The maximum Gasteiger partial charge on any atom is 0.266 e. The molecule has 0 aliphatic carbocycles. The van der Waals surface area contributed by atoms with Crippen LogP contribution in [0.25, 0.3) is 39.6 Å².